The van der Waals surface area contributed by atoms with Gasteiger partial charge in [-0.15, -0.1) is 0 Å². The Kier molecular flexibility index (Phi) is 6.07. The van der Waals surface area contributed by atoms with Crippen LogP contribution in [0.25, 0.3) is 0 Å². The van der Waals surface area contributed by atoms with E-state index in [0.29, 0.717) is 25.1 Å². The first-order valence-corrected chi connectivity index (χ1v) is 12.8. The number of hydrogen-bond donors (Lipinski definition) is 0. The number of benzene rings is 1. The number of likely N-dealkylation sites (tertiary alicyclic amines) is 1. The number of rotatable bonds is 4. The Morgan fingerprint density at radius 3 is 2.50 bits per heavy atom. The molecular formula is C25H34N2O6S. The molecule has 1 aliphatic carbocycles. The number of thioether (sulfide) groups is 1. The fourth-order valence-electron chi connectivity index (χ4n) is 6.65. The number of anilines is 1. The van der Waals surface area contributed by atoms with Crippen molar-refractivity contribution in [1.29, 1.82) is 0 Å². The van der Waals surface area contributed by atoms with Crippen LogP contribution in [0.3, 0.4) is 0 Å². The zero-order chi connectivity index (χ0) is 25.1. The molecule has 0 spiro atoms. The number of hydrogen-bond acceptors (Lipinski definition) is 8. The van der Waals surface area contributed by atoms with E-state index in [1.807, 2.05) is 52.3 Å². The van der Waals surface area contributed by atoms with Crippen LogP contribution in [0.15, 0.2) is 18.2 Å². The number of nitrogens with zero attached hydrogens (tertiary/aromatic N) is 2. The molecule has 5 atom stereocenters. The number of ether oxygens (including phenoxy) is 3. The van der Waals surface area contributed by atoms with E-state index < -0.39 is 40.6 Å². The number of fused-ring (bicyclic) bond motifs is 1. The lowest BCUT2D eigenvalue weighted by atomic mass is 9.54. The van der Waals surface area contributed by atoms with Gasteiger partial charge in [-0.3, -0.25) is 9.69 Å². The quantitative estimate of drug-likeness (QED) is 0.469. The van der Waals surface area contributed by atoms with E-state index >= 15 is 0 Å². The van der Waals surface area contributed by atoms with E-state index in [9.17, 15) is 14.4 Å². The van der Waals surface area contributed by atoms with Gasteiger partial charge < -0.3 is 23.9 Å². The lowest BCUT2D eigenvalue weighted by Crippen LogP contribution is -2.72. The molecule has 1 aromatic rings. The first-order valence-electron chi connectivity index (χ1n) is 11.5. The van der Waals surface area contributed by atoms with Crippen molar-refractivity contribution >= 4 is 35.8 Å². The normalized spacial score (nSPS) is 31.9. The number of likely N-dealkylation sites (N-methyl/N-ethyl adjacent to an activating group) is 1. The van der Waals surface area contributed by atoms with E-state index in [-0.39, 0.29) is 5.25 Å². The van der Waals surface area contributed by atoms with Crippen LogP contribution >= 0.6 is 11.8 Å². The van der Waals surface area contributed by atoms with Crippen molar-refractivity contribution < 1.29 is 28.6 Å². The summed E-state index contributed by atoms with van der Waals surface area (Å²) in [6.45, 7) is 5.93. The zero-order valence-corrected chi connectivity index (χ0v) is 21.7. The van der Waals surface area contributed by atoms with Gasteiger partial charge in [0.05, 0.1) is 25.6 Å². The highest BCUT2D eigenvalue weighted by atomic mass is 32.2. The standard InChI is InChI=1S/C25H34N2O6S/c1-23(2,3)33-22(30)27-11-10-24-17-12-15(31-5)8-9-18(17)26(4)25(24,27)13-19(34-7)16(14-28)20(24)21(29)32-6/h8-9,12,14,16,19-20H,10-11,13H2,1-7H3/t16-,19-,20-,24-,25-/m0/s1. The SMILES string of the molecule is COC(=O)[C@@H]1[C@@H](C=O)[C@@H](SC)C[C@]23N(C(=O)OC(C)(C)C)CC[C@]12c1cc(OC)ccc1N3C. The fourth-order valence-corrected chi connectivity index (χ4v) is 7.58. The molecule has 4 rings (SSSR count). The van der Waals surface area contributed by atoms with Crippen LogP contribution in [0, 0.1) is 11.8 Å². The third-order valence-electron chi connectivity index (χ3n) is 7.85. The minimum atomic E-state index is -0.893. The monoisotopic (exact) mass is 490 g/mol. The highest BCUT2D eigenvalue weighted by molar-refractivity contribution is 7.99. The van der Waals surface area contributed by atoms with Gasteiger partial charge in [0.1, 0.15) is 23.3 Å². The molecule has 1 amide bonds. The summed E-state index contributed by atoms with van der Waals surface area (Å²) in [5.74, 6) is -1.09. The van der Waals surface area contributed by atoms with Gasteiger partial charge in [0, 0.05) is 36.9 Å². The molecule has 2 fully saturated rings. The Hall–Kier alpha value is -2.42. The Bertz CT molecular complexity index is 1010. The Morgan fingerprint density at radius 1 is 1.24 bits per heavy atom. The third-order valence-corrected chi connectivity index (χ3v) is 8.94. The average Bonchev–Trinajstić information content (AvgIpc) is 3.25. The summed E-state index contributed by atoms with van der Waals surface area (Å²) in [5, 5.41) is -0.184. The second-order valence-corrected chi connectivity index (χ2v) is 11.4. The number of carbonyl (C=O) groups is 3. The van der Waals surface area contributed by atoms with E-state index in [2.05, 4.69) is 4.90 Å². The summed E-state index contributed by atoms with van der Waals surface area (Å²) in [7, 11) is 4.92. The molecule has 0 bridgehead atoms. The van der Waals surface area contributed by atoms with Crippen LogP contribution < -0.4 is 9.64 Å². The molecule has 3 aliphatic rings. The van der Waals surface area contributed by atoms with E-state index in [1.54, 1.807) is 23.8 Å². The van der Waals surface area contributed by atoms with E-state index in [0.717, 1.165) is 17.5 Å². The van der Waals surface area contributed by atoms with Crippen LogP contribution in [-0.2, 0) is 24.5 Å². The molecule has 1 saturated carbocycles. The molecule has 2 heterocycles. The van der Waals surface area contributed by atoms with Crippen LogP contribution in [-0.4, -0.2) is 73.8 Å². The molecule has 0 aromatic heterocycles. The molecule has 0 unspecified atom stereocenters. The minimum absolute atomic E-state index is 0.184. The highest BCUT2D eigenvalue weighted by Gasteiger charge is 2.76. The Balaban J connectivity index is 2.02. The summed E-state index contributed by atoms with van der Waals surface area (Å²) in [6.07, 6.45) is 3.43. The number of esters is 1. The minimum Gasteiger partial charge on any atom is -0.497 e. The van der Waals surface area contributed by atoms with Crippen LogP contribution in [0.5, 0.6) is 5.75 Å². The van der Waals surface area contributed by atoms with Crippen molar-refractivity contribution in [2.24, 2.45) is 11.8 Å². The van der Waals surface area contributed by atoms with Gasteiger partial charge in [0.25, 0.3) is 0 Å². The summed E-state index contributed by atoms with van der Waals surface area (Å²) in [4.78, 5) is 43.5. The summed E-state index contributed by atoms with van der Waals surface area (Å²) < 4.78 is 16.7. The molecule has 1 saturated heterocycles. The average molecular weight is 491 g/mol. The Labute approximate surface area is 205 Å². The maximum absolute atomic E-state index is 13.6. The van der Waals surface area contributed by atoms with Gasteiger partial charge in [0.15, 0.2) is 0 Å². The molecular weight excluding hydrogens is 456 g/mol. The highest BCUT2D eigenvalue weighted by Crippen LogP contribution is 2.68. The van der Waals surface area contributed by atoms with Gasteiger partial charge in [-0.2, -0.15) is 11.8 Å². The van der Waals surface area contributed by atoms with Crippen molar-refractivity contribution in [3.8, 4) is 5.75 Å². The van der Waals surface area contributed by atoms with Crippen molar-refractivity contribution in [1.82, 2.24) is 4.90 Å². The summed E-state index contributed by atoms with van der Waals surface area (Å²) >= 11 is 1.55. The largest absolute Gasteiger partial charge is 0.497 e. The molecule has 34 heavy (non-hydrogen) atoms. The molecule has 1 aromatic carbocycles. The lowest BCUT2D eigenvalue weighted by molar-refractivity contribution is -0.157. The van der Waals surface area contributed by atoms with Crippen molar-refractivity contribution in [2.45, 2.75) is 55.5 Å². The molecule has 2 aliphatic heterocycles. The van der Waals surface area contributed by atoms with Crippen molar-refractivity contribution in [2.75, 3.05) is 39.0 Å². The van der Waals surface area contributed by atoms with Crippen LogP contribution in [0.2, 0.25) is 0 Å². The number of carbonyl (C=O) groups excluding carboxylic acids is 3. The molecule has 0 N–H and O–H groups in total. The molecule has 8 nitrogen and oxygen atoms in total. The number of aldehydes is 1. The molecule has 9 heteroatoms. The van der Waals surface area contributed by atoms with Gasteiger partial charge in [-0.25, -0.2) is 4.79 Å². The Morgan fingerprint density at radius 2 is 1.94 bits per heavy atom. The summed E-state index contributed by atoms with van der Waals surface area (Å²) in [5.41, 5.74) is -0.604. The second kappa shape index (κ2) is 8.36. The summed E-state index contributed by atoms with van der Waals surface area (Å²) in [6, 6.07) is 5.79. The van der Waals surface area contributed by atoms with E-state index in [1.165, 1.54) is 7.11 Å². The first kappa shape index (κ1) is 24.7. The number of methoxy groups -OCH3 is 2. The smallest absolute Gasteiger partial charge is 0.412 e. The maximum atomic E-state index is 13.6. The van der Waals surface area contributed by atoms with Crippen molar-refractivity contribution in [3.63, 3.8) is 0 Å². The maximum Gasteiger partial charge on any atom is 0.412 e. The second-order valence-electron chi connectivity index (χ2n) is 10.3. The van der Waals surface area contributed by atoms with E-state index in [4.69, 9.17) is 14.2 Å². The van der Waals surface area contributed by atoms with Crippen LogP contribution in [0.4, 0.5) is 10.5 Å². The number of amides is 1. The van der Waals surface area contributed by atoms with Gasteiger partial charge in [-0.1, -0.05) is 0 Å². The van der Waals surface area contributed by atoms with Crippen molar-refractivity contribution in [3.05, 3.63) is 23.8 Å². The predicted molar refractivity (Wildman–Crippen MR) is 130 cm³/mol. The molecule has 0 radical (unpaired) electrons. The fraction of sp³-hybridized carbons (Fsp3) is 0.640. The first-order chi connectivity index (χ1) is 16.0. The predicted octanol–water partition coefficient (Wildman–Crippen LogP) is 3.46. The molecule has 186 valence electrons. The third kappa shape index (κ3) is 3.15. The van der Waals surface area contributed by atoms with Gasteiger partial charge in [-0.05, 0) is 57.2 Å². The van der Waals surface area contributed by atoms with Crippen LogP contribution in [0.1, 0.15) is 39.2 Å². The lowest BCUT2D eigenvalue weighted by Gasteiger charge is -2.57. The topological polar surface area (TPSA) is 85.4 Å². The van der Waals surface area contributed by atoms with Gasteiger partial charge >= 0.3 is 12.1 Å². The zero-order valence-electron chi connectivity index (χ0n) is 20.9. The van der Waals surface area contributed by atoms with Gasteiger partial charge in [0.2, 0.25) is 0 Å².